The molecular weight excluding hydrogens is 528 g/mol. The fourth-order valence-corrected chi connectivity index (χ4v) is 6.58. The molecule has 6 N–H and O–H groups in total. The third kappa shape index (κ3) is 3.60. The maximum atomic E-state index is 14.4. The number of phenolic OH excluding ortho intramolecular Hbond substituents is 2. The predicted octanol–water partition coefficient (Wildman–Crippen LogP) is 1.15. The quantitative estimate of drug-likeness (QED) is 0.285. The number of aliphatic hydroxyl groups is 2. The van der Waals surface area contributed by atoms with E-state index >= 15 is 0 Å². The number of Topliss-reactive ketones (excluding diaryl/α,β-unsaturated/α-hetero) is 4. The van der Waals surface area contributed by atoms with Gasteiger partial charge in [0.25, 0.3) is 0 Å². The lowest BCUT2D eigenvalue weighted by atomic mass is 9.56. The van der Waals surface area contributed by atoms with Crippen LogP contribution in [0, 0.1) is 17.3 Å². The Morgan fingerprint density at radius 2 is 1.38 bits per heavy atom. The molecule has 2 aromatic rings. The number of phenols is 2. The van der Waals surface area contributed by atoms with Crippen LogP contribution in [0.25, 0.3) is 0 Å². The number of aliphatic carboxylic acids is 2. The number of allylic oxidation sites excluding steroid dienone is 1. The van der Waals surface area contributed by atoms with Crippen molar-refractivity contribution >= 4 is 35.1 Å². The van der Waals surface area contributed by atoms with Crippen LogP contribution in [0.1, 0.15) is 60.7 Å². The van der Waals surface area contributed by atoms with E-state index in [1.807, 2.05) is 0 Å². The minimum absolute atomic E-state index is 0.309. The molecule has 2 aromatic carbocycles. The summed E-state index contributed by atoms with van der Waals surface area (Å²) >= 11 is 0. The summed E-state index contributed by atoms with van der Waals surface area (Å²) in [5.74, 6) is -11.9. The van der Waals surface area contributed by atoms with Crippen LogP contribution in [0.15, 0.2) is 47.5 Å². The molecule has 0 saturated heterocycles. The van der Waals surface area contributed by atoms with Gasteiger partial charge in [-0.1, -0.05) is 24.3 Å². The third-order valence-electron chi connectivity index (χ3n) is 7.91. The maximum absolute atomic E-state index is 14.4. The van der Waals surface area contributed by atoms with Gasteiger partial charge < -0.3 is 30.6 Å². The largest absolute Gasteiger partial charge is 0.507 e. The van der Waals surface area contributed by atoms with Crippen molar-refractivity contribution in [2.45, 2.75) is 31.5 Å². The van der Waals surface area contributed by atoms with Gasteiger partial charge in [0.1, 0.15) is 11.5 Å². The Labute approximate surface area is 224 Å². The minimum Gasteiger partial charge on any atom is -0.507 e. The van der Waals surface area contributed by atoms with Crippen molar-refractivity contribution in [2.75, 3.05) is 0 Å². The number of hydrogen-bond donors (Lipinski definition) is 6. The zero-order valence-electron chi connectivity index (χ0n) is 20.5. The molecular formula is C28H22O12. The lowest BCUT2D eigenvalue weighted by Gasteiger charge is -2.43. The fourth-order valence-electron chi connectivity index (χ4n) is 6.58. The summed E-state index contributed by atoms with van der Waals surface area (Å²) in [7, 11) is 0. The minimum atomic E-state index is -2.43. The first kappa shape index (κ1) is 26.9. The highest BCUT2D eigenvalue weighted by Gasteiger charge is 2.69. The molecule has 0 heterocycles. The van der Waals surface area contributed by atoms with Gasteiger partial charge in [0.15, 0.2) is 23.1 Å². The second-order valence-electron chi connectivity index (χ2n) is 10.1. The first-order valence-electron chi connectivity index (χ1n) is 12.2. The summed E-state index contributed by atoms with van der Waals surface area (Å²) in [6.07, 6.45) is -6.62. The van der Waals surface area contributed by atoms with E-state index < -0.39 is 118 Å². The average Bonchev–Trinajstić information content (AvgIpc) is 3.17. The smallest absolute Gasteiger partial charge is 0.305 e. The van der Waals surface area contributed by atoms with Crippen molar-refractivity contribution in [1.29, 1.82) is 0 Å². The fraction of sp³-hybridized carbons (Fsp3) is 0.286. The molecule has 0 unspecified atom stereocenters. The monoisotopic (exact) mass is 550 g/mol. The highest BCUT2D eigenvalue weighted by molar-refractivity contribution is 6.34. The number of rotatable bonds is 7. The van der Waals surface area contributed by atoms with Crippen LogP contribution in [0.3, 0.4) is 0 Å². The van der Waals surface area contributed by atoms with E-state index in [4.69, 9.17) is 0 Å². The molecule has 12 nitrogen and oxygen atoms in total. The number of hydrogen-bond acceptors (Lipinski definition) is 10. The van der Waals surface area contributed by atoms with Crippen molar-refractivity contribution in [1.82, 2.24) is 0 Å². The van der Waals surface area contributed by atoms with E-state index in [-0.39, 0.29) is 11.1 Å². The molecule has 206 valence electrons. The van der Waals surface area contributed by atoms with Crippen LogP contribution in [0.4, 0.5) is 0 Å². The van der Waals surface area contributed by atoms with Gasteiger partial charge in [-0.05, 0) is 18.6 Å². The van der Waals surface area contributed by atoms with Gasteiger partial charge in [-0.3, -0.25) is 28.8 Å². The molecule has 0 amide bonds. The molecule has 0 fully saturated rings. The topological polar surface area (TPSA) is 224 Å². The Bertz CT molecular complexity index is 1580. The standard InChI is InChI=1S/C28H22O12/c29-10(7-16(33)34)9-28-22(26(39)19-12(27(28)40)4-2-6-14(19)31)20(15(32)8-17(35)36)21-23(28)25(38)18-11(24(21)37)3-1-5-13(18)30/h1-6,10,15,20,22,29-32H,7-9H2,(H,33,34)(H,35,36)/t10-,15-,20-,22-,28+/m1/s1. The van der Waals surface area contributed by atoms with Crippen molar-refractivity contribution < 1.29 is 59.4 Å². The Morgan fingerprint density at radius 1 is 0.800 bits per heavy atom. The average molecular weight is 550 g/mol. The van der Waals surface area contributed by atoms with Gasteiger partial charge in [-0.15, -0.1) is 0 Å². The Kier molecular flexibility index (Phi) is 6.20. The molecule has 5 atom stereocenters. The van der Waals surface area contributed by atoms with E-state index in [1.165, 1.54) is 24.3 Å². The molecule has 3 aliphatic rings. The lowest BCUT2D eigenvalue weighted by Crippen LogP contribution is -2.52. The molecule has 0 saturated carbocycles. The molecule has 0 aliphatic heterocycles. The molecule has 5 rings (SSSR count). The molecule has 0 bridgehead atoms. The molecule has 40 heavy (non-hydrogen) atoms. The number of ketones is 4. The molecule has 0 spiro atoms. The summed E-state index contributed by atoms with van der Waals surface area (Å²) in [6.45, 7) is 0. The Morgan fingerprint density at radius 3 is 1.98 bits per heavy atom. The number of fused-ring (bicyclic) bond motifs is 4. The zero-order chi connectivity index (χ0) is 29.3. The van der Waals surface area contributed by atoms with Crippen LogP contribution >= 0.6 is 0 Å². The van der Waals surface area contributed by atoms with E-state index in [0.29, 0.717) is 0 Å². The van der Waals surface area contributed by atoms with E-state index in [0.717, 1.165) is 12.1 Å². The van der Waals surface area contributed by atoms with Crippen molar-refractivity contribution in [2.24, 2.45) is 17.3 Å². The number of aliphatic hydroxyl groups excluding tert-OH is 2. The van der Waals surface area contributed by atoms with Gasteiger partial charge in [0.2, 0.25) is 0 Å². The second kappa shape index (κ2) is 9.21. The normalized spacial score (nSPS) is 24.6. The van der Waals surface area contributed by atoms with Crippen molar-refractivity contribution in [3.63, 3.8) is 0 Å². The number of carbonyl (C=O) groups excluding carboxylic acids is 4. The number of carboxylic acids is 2. The van der Waals surface area contributed by atoms with Gasteiger partial charge in [0, 0.05) is 34.1 Å². The lowest BCUT2D eigenvalue weighted by molar-refractivity contribution is -0.141. The third-order valence-corrected chi connectivity index (χ3v) is 7.91. The van der Waals surface area contributed by atoms with Crippen LogP contribution < -0.4 is 0 Å². The van der Waals surface area contributed by atoms with E-state index in [2.05, 4.69) is 0 Å². The number of carboxylic acid groups (broad SMARTS) is 2. The van der Waals surface area contributed by atoms with Gasteiger partial charge in [-0.2, -0.15) is 0 Å². The summed E-state index contributed by atoms with van der Waals surface area (Å²) in [4.78, 5) is 79.4. The van der Waals surface area contributed by atoms with Crippen LogP contribution in [0.5, 0.6) is 11.5 Å². The molecule has 0 radical (unpaired) electrons. The first-order chi connectivity index (χ1) is 18.8. The highest BCUT2D eigenvalue weighted by Crippen LogP contribution is 2.63. The number of benzene rings is 2. The molecule has 3 aliphatic carbocycles. The van der Waals surface area contributed by atoms with Crippen LogP contribution in [0.2, 0.25) is 0 Å². The summed E-state index contributed by atoms with van der Waals surface area (Å²) < 4.78 is 0. The van der Waals surface area contributed by atoms with Gasteiger partial charge in [-0.25, -0.2) is 0 Å². The molecule has 0 aromatic heterocycles. The summed E-state index contributed by atoms with van der Waals surface area (Å²) in [5, 5.41) is 61.6. The Hall–Kier alpha value is -4.68. The van der Waals surface area contributed by atoms with E-state index in [1.54, 1.807) is 0 Å². The predicted molar refractivity (Wildman–Crippen MR) is 131 cm³/mol. The second-order valence-corrected chi connectivity index (χ2v) is 10.1. The SMILES string of the molecule is O=C(O)C[C@@H](O)C[C@]12C(=O)c3cccc(O)c3C(=O)[C@H]1[C@H]([C@H](O)CC(=O)O)C1=C2C(=O)c2c(O)cccc2C1=O. The van der Waals surface area contributed by atoms with Crippen LogP contribution in [-0.4, -0.2) is 77.9 Å². The number of aromatic hydroxyl groups is 2. The Balaban J connectivity index is 1.88. The molecule has 12 heteroatoms. The first-order valence-corrected chi connectivity index (χ1v) is 12.2. The van der Waals surface area contributed by atoms with Crippen molar-refractivity contribution in [3.8, 4) is 11.5 Å². The van der Waals surface area contributed by atoms with Crippen LogP contribution in [-0.2, 0) is 9.59 Å². The van der Waals surface area contributed by atoms with E-state index in [9.17, 15) is 59.4 Å². The van der Waals surface area contributed by atoms with Crippen molar-refractivity contribution in [3.05, 3.63) is 69.8 Å². The highest BCUT2D eigenvalue weighted by atomic mass is 16.4. The zero-order valence-corrected chi connectivity index (χ0v) is 20.5. The summed E-state index contributed by atoms with van der Waals surface area (Å²) in [6, 6.07) is 7.14. The maximum Gasteiger partial charge on any atom is 0.305 e. The summed E-state index contributed by atoms with van der Waals surface area (Å²) in [5.41, 5.74) is -5.23. The van der Waals surface area contributed by atoms with Gasteiger partial charge >= 0.3 is 11.9 Å². The number of carbonyl (C=O) groups is 6. The van der Waals surface area contributed by atoms with Gasteiger partial charge in [0.05, 0.1) is 41.6 Å².